The third-order valence-corrected chi connectivity index (χ3v) is 7.06. The summed E-state index contributed by atoms with van der Waals surface area (Å²) in [6.45, 7) is 2.06. The van der Waals surface area contributed by atoms with Gasteiger partial charge in [-0.05, 0) is 49.4 Å². The lowest BCUT2D eigenvalue weighted by Crippen LogP contribution is -2.41. The minimum absolute atomic E-state index is 0.0329. The molecule has 124 valence electrons. The Balaban J connectivity index is 1.65. The number of hydrogen-bond acceptors (Lipinski definition) is 2. The summed E-state index contributed by atoms with van der Waals surface area (Å²) in [5.74, 6) is 0. The van der Waals surface area contributed by atoms with Crippen LogP contribution in [0.25, 0.3) is 11.1 Å². The standard InChI is InChI=1S/C20H21NO2S/c1-15-5-7-16(8-6-15)17-9-13-20(14-10-17)24(22,23)21-18-3-2-4-19(21)12-11-18/h2-3,5-10,13-14,18-19H,4,11-12H2,1H3. The smallest absolute Gasteiger partial charge is 0.207 e. The predicted octanol–water partition coefficient (Wildman–Crippen LogP) is 4.14. The quantitative estimate of drug-likeness (QED) is 0.788. The lowest BCUT2D eigenvalue weighted by Gasteiger charge is -2.30. The fraction of sp³-hybridized carbons (Fsp3) is 0.300. The molecule has 2 heterocycles. The highest BCUT2D eigenvalue weighted by Crippen LogP contribution is 2.36. The van der Waals surface area contributed by atoms with Crippen LogP contribution in [0.3, 0.4) is 0 Å². The minimum atomic E-state index is -3.42. The van der Waals surface area contributed by atoms with E-state index in [1.54, 1.807) is 16.4 Å². The van der Waals surface area contributed by atoms with Crippen LogP contribution in [0.4, 0.5) is 0 Å². The molecule has 2 atom stereocenters. The second-order valence-corrected chi connectivity index (χ2v) is 8.53. The number of rotatable bonds is 3. The largest absolute Gasteiger partial charge is 0.243 e. The maximum absolute atomic E-state index is 13.0. The molecule has 0 amide bonds. The molecule has 4 rings (SSSR count). The van der Waals surface area contributed by atoms with E-state index >= 15 is 0 Å². The molecule has 3 nitrogen and oxygen atoms in total. The van der Waals surface area contributed by atoms with Crippen molar-refractivity contribution >= 4 is 10.0 Å². The Bertz CT molecular complexity index is 867. The van der Waals surface area contributed by atoms with Gasteiger partial charge < -0.3 is 0 Å². The maximum Gasteiger partial charge on any atom is 0.243 e. The highest BCUT2D eigenvalue weighted by molar-refractivity contribution is 7.89. The Morgan fingerprint density at radius 1 is 0.917 bits per heavy atom. The molecule has 0 aromatic heterocycles. The molecule has 4 heteroatoms. The third kappa shape index (κ3) is 2.60. The zero-order valence-corrected chi connectivity index (χ0v) is 14.5. The van der Waals surface area contributed by atoms with Crippen molar-refractivity contribution in [2.45, 2.75) is 43.2 Å². The summed E-state index contributed by atoms with van der Waals surface area (Å²) in [4.78, 5) is 0.394. The van der Waals surface area contributed by atoms with E-state index in [4.69, 9.17) is 0 Å². The topological polar surface area (TPSA) is 37.4 Å². The molecular formula is C20H21NO2S. The molecule has 0 aliphatic carbocycles. The first-order valence-corrected chi connectivity index (χ1v) is 9.87. The zero-order chi connectivity index (χ0) is 16.7. The molecule has 0 spiro atoms. The van der Waals surface area contributed by atoms with Crippen LogP contribution < -0.4 is 0 Å². The van der Waals surface area contributed by atoms with Crippen molar-refractivity contribution in [1.82, 2.24) is 4.31 Å². The van der Waals surface area contributed by atoms with Crippen molar-refractivity contribution in [3.8, 4) is 11.1 Å². The normalized spacial score (nSPS) is 23.5. The zero-order valence-electron chi connectivity index (χ0n) is 13.7. The van der Waals surface area contributed by atoms with E-state index in [-0.39, 0.29) is 12.1 Å². The van der Waals surface area contributed by atoms with Gasteiger partial charge in [0.25, 0.3) is 0 Å². The summed E-state index contributed by atoms with van der Waals surface area (Å²) >= 11 is 0. The maximum atomic E-state index is 13.0. The van der Waals surface area contributed by atoms with Gasteiger partial charge in [-0.2, -0.15) is 4.31 Å². The lowest BCUT2D eigenvalue weighted by atomic mass is 10.0. The summed E-state index contributed by atoms with van der Waals surface area (Å²) in [5, 5.41) is 0. The van der Waals surface area contributed by atoms with Crippen molar-refractivity contribution in [2.75, 3.05) is 0 Å². The molecule has 2 bridgehead atoms. The van der Waals surface area contributed by atoms with Gasteiger partial charge in [0.15, 0.2) is 0 Å². The molecule has 0 saturated carbocycles. The van der Waals surface area contributed by atoms with Gasteiger partial charge in [-0.25, -0.2) is 8.42 Å². The van der Waals surface area contributed by atoms with Crippen molar-refractivity contribution in [3.63, 3.8) is 0 Å². The SMILES string of the molecule is Cc1ccc(-c2ccc(S(=O)(=O)N3C4C=CCC3CC4)cc2)cc1. The molecule has 24 heavy (non-hydrogen) atoms. The average Bonchev–Trinajstić information content (AvgIpc) is 2.87. The van der Waals surface area contributed by atoms with E-state index in [1.807, 2.05) is 18.2 Å². The van der Waals surface area contributed by atoms with Gasteiger partial charge in [-0.3, -0.25) is 0 Å². The number of sulfonamides is 1. The average molecular weight is 339 g/mol. The number of aryl methyl sites for hydroxylation is 1. The van der Waals surface area contributed by atoms with E-state index in [9.17, 15) is 8.42 Å². The molecule has 2 unspecified atom stereocenters. The molecule has 1 fully saturated rings. The van der Waals surface area contributed by atoms with Gasteiger partial charge in [0.05, 0.1) is 4.90 Å². The number of benzene rings is 2. The van der Waals surface area contributed by atoms with Crippen molar-refractivity contribution in [2.24, 2.45) is 0 Å². The summed E-state index contributed by atoms with van der Waals surface area (Å²) in [5.41, 5.74) is 3.35. The first-order chi connectivity index (χ1) is 11.6. The van der Waals surface area contributed by atoms with Gasteiger partial charge in [0, 0.05) is 12.1 Å². The fourth-order valence-electron chi connectivity index (χ4n) is 3.75. The summed E-state index contributed by atoms with van der Waals surface area (Å²) < 4.78 is 27.8. The Morgan fingerprint density at radius 2 is 1.54 bits per heavy atom. The van der Waals surface area contributed by atoms with Gasteiger partial charge in [0.2, 0.25) is 10.0 Å². The van der Waals surface area contributed by atoms with Gasteiger partial charge in [-0.15, -0.1) is 0 Å². The summed E-state index contributed by atoms with van der Waals surface area (Å²) in [7, 11) is -3.42. The Hall–Kier alpha value is -1.91. The Labute approximate surface area is 143 Å². The highest BCUT2D eigenvalue weighted by atomic mass is 32.2. The van der Waals surface area contributed by atoms with Crippen LogP contribution >= 0.6 is 0 Å². The van der Waals surface area contributed by atoms with Crippen LogP contribution in [0.1, 0.15) is 24.8 Å². The first-order valence-electron chi connectivity index (χ1n) is 8.43. The van der Waals surface area contributed by atoms with Crippen LogP contribution in [0, 0.1) is 6.92 Å². The van der Waals surface area contributed by atoms with Crippen LogP contribution in [0.15, 0.2) is 65.6 Å². The minimum Gasteiger partial charge on any atom is -0.207 e. The van der Waals surface area contributed by atoms with Crippen LogP contribution in [-0.2, 0) is 10.0 Å². The molecule has 2 aliphatic rings. The van der Waals surface area contributed by atoms with E-state index < -0.39 is 10.0 Å². The molecular weight excluding hydrogens is 318 g/mol. The van der Waals surface area contributed by atoms with Crippen LogP contribution in [0.2, 0.25) is 0 Å². The van der Waals surface area contributed by atoms with Crippen molar-refractivity contribution in [1.29, 1.82) is 0 Å². The number of fused-ring (bicyclic) bond motifs is 2. The second-order valence-electron chi connectivity index (χ2n) is 6.69. The van der Waals surface area contributed by atoms with Crippen LogP contribution in [0.5, 0.6) is 0 Å². The van der Waals surface area contributed by atoms with E-state index in [0.29, 0.717) is 4.90 Å². The molecule has 2 aromatic rings. The fourth-order valence-corrected chi connectivity index (χ4v) is 5.59. The van der Waals surface area contributed by atoms with Crippen molar-refractivity contribution < 1.29 is 8.42 Å². The molecule has 0 N–H and O–H groups in total. The summed E-state index contributed by atoms with van der Waals surface area (Å²) in [6.07, 6.45) is 6.88. The number of nitrogens with zero attached hydrogens (tertiary/aromatic N) is 1. The summed E-state index contributed by atoms with van der Waals surface area (Å²) in [6, 6.07) is 15.7. The molecule has 1 saturated heterocycles. The molecule has 2 aliphatic heterocycles. The first kappa shape index (κ1) is 15.6. The van der Waals surface area contributed by atoms with Crippen LogP contribution in [-0.4, -0.2) is 24.8 Å². The van der Waals surface area contributed by atoms with Gasteiger partial charge >= 0.3 is 0 Å². The Kier molecular flexibility index (Phi) is 3.82. The van der Waals surface area contributed by atoms with E-state index in [1.165, 1.54) is 5.56 Å². The van der Waals surface area contributed by atoms with Gasteiger partial charge in [0.1, 0.15) is 0 Å². The highest BCUT2D eigenvalue weighted by Gasteiger charge is 2.42. The lowest BCUT2D eigenvalue weighted by molar-refractivity contribution is 0.341. The Morgan fingerprint density at radius 3 is 2.17 bits per heavy atom. The monoisotopic (exact) mass is 339 g/mol. The van der Waals surface area contributed by atoms with Crippen molar-refractivity contribution in [3.05, 3.63) is 66.2 Å². The predicted molar refractivity (Wildman–Crippen MR) is 96.2 cm³/mol. The van der Waals surface area contributed by atoms with E-state index in [2.05, 4.69) is 37.3 Å². The molecule has 0 radical (unpaired) electrons. The molecule has 2 aromatic carbocycles. The number of hydrogen-bond donors (Lipinski definition) is 0. The third-order valence-electron chi connectivity index (χ3n) is 5.06. The van der Waals surface area contributed by atoms with E-state index in [0.717, 1.165) is 30.4 Å². The van der Waals surface area contributed by atoms with Gasteiger partial charge in [-0.1, -0.05) is 54.1 Å². The second kappa shape index (κ2) is 5.87.